The minimum absolute atomic E-state index is 0.0142. The highest BCUT2D eigenvalue weighted by Crippen LogP contribution is 2.55. The van der Waals surface area contributed by atoms with Crippen molar-refractivity contribution in [2.75, 3.05) is 18.4 Å². The van der Waals surface area contributed by atoms with E-state index in [1.165, 1.54) is 58.0 Å². The van der Waals surface area contributed by atoms with Gasteiger partial charge in [-0.25, -0.2) is 0 Å². The predicted octanol–water partition coefficient (Wildman–Crippen LogP) is 3.03. The number of fused-ring (bicyclic) bond motifs is 1. The van der Waals surface area contributed by atoms with Gasteiger partial charge in [0.1, 0.15) is 0 Å². The third-order valence-corrected chi connectivity index (χ3v) is 7.87. The Hall–Kier alpha value is 0.400. The fourth-order valence-electron chi connectivity index (χ4n) is 5.79. The standard InChI is InChI=1S/C16H26BrNO/c17-9-16(4-2-1-3-5-16)10-18-8-12-6-11-7-13(12)14(18)15(11)19/h11-15,19H,1-10H2. The molecule has 0 spiro atoms. The number of likely N-dealkylation sites (tertiary alicyclic amines) is 1. The average molecular weight is 328 g/mol. The second-order valence-electron chi connectivity index (χ2n) is 7.76. The summed E-state index contributed by atoms with van der Waals surface area (Å²) in [5, 5.41) is 11.7. The minimum atomic E-state index is -0.0142. The highest BCUT2D eigenvalue weighted by molar-refractivity contribution is 9.09. The van der Waals surface area contributed by atoms with Crippen LogP contribution in [0.3, 0.4) is 0 Å². The second kappa shape index (κ2) is 4.71. The lowest BCUT2D eigenvalue weighted by Crippen LogP contribution is -2.47. The van der Waals surface area contributed by atoms with Gasteiger partial charge in [0, 0.05) is 24.5 Å². The molecule has 4 fully saturated rings. The molecule has 0 aromatic rings. The van der Waals surface area contributed by atoms with Crippen LogP contribution in [0.25, 0.3) is 0 Å². The number of nitrogens with zero attached hydrogens (tertiary/aromatic N) is 1. The summed E-state index contributed by atoms with van der Waals surface area (Å²) in [6, 6.07) is 0.515. The molecule has 1 saturated heterocycles. The van der Waals surface area contributed by atoms with Gasteiger partial charge in [0.15, 0.2) is 0 Å². The van der Waals surface area contributed by atoms with Crippen molar-refractivity contribution < 1.29 is 5.11 Å². The van der Waals surface area contributed by atoms with Crippen LogP contribution in [0.5, 0.6) is 0 Å². The molecule has 5 unspecified atom stereocenters. The summed E-state index contributed by atoms with van der Waals surface area (Å²) in [7, 11) is 0. The summed E-state index contributed by atoms with van der Waals surface area (Å²) in [5.41, 5.74) is 0.500. The number of rotatable bonds is 3. The molecule has 1 N–H and O–H groups in total. The molecule has 108 valence electrons. The fraction of sp³-hybridized carbons (Fsp3) is 1.00. The van der Waals surface area contributed by atoms with Gasteiger partial charge < -0.3 is 5.11 Å². The molecule has 0 radical (unpaired) electrons. The van der Waals surface area contributed by atoms with E-state index in [2.05, 4.69) is 20.8 Å². The Morgan fingerprint density at radius 2 is 1.89 bits per heavy atom. The van der Waals surface area contributed by atoms with Gasteiger partial charge in [-0.3, -0.25) is 4.90 Å². The normalized spacial score (nSPS) is 48.0. The summed E-state index contributed by atoms with van der Waals surface area (Å²) in [6.07, 6.45) is 9.61. The molecule has 0 aromatic heterocycles. The van der Waals surface area contributed by atoms with E-state index in [0.29, 0.717) is 17.4 Å². The average Bonchev–Trinajstić information content (AvgIpc) is 3.02. The van der Waals surface area contributed by atoms with Crippen molar-refractivity contribution in [2.24, 2.45) is 23.2 Å². The van der Waals surface area contributed by atoms with E-state index in [0.717, 1.165) is 17.2 Å². The van der Waals surface area contributed by atoms with Crippen molar-refractivity contribution in [1.29, 1.82) is 0 Å². The molecule has 2 nitrogen and oxygen atoms in total. The van der Waals surface area contributed by atoms with Gasteiger partial charge in [-0.15, -0.1) is 0 Å². The van der Waals surface area contributed by atoms with Gasteiger partial charge in [0.05, 0.1) is 6.10 Å². The first-order chi connectivity index (χ1) is 9.22. The van der Waals surface area contributed by atoms with Gasteiger partial charge in [0.2, 0.25) is 0 Å². The molecule has 3 aliphatic carbocycles. The van der Waals surface area contributed by atoms with E-state index in [1.54, 1.807) is 0 Å². The zero-order valence-electron chi connectivity index (χ0n) is 11.7. The summed E-state index contributed by atoms with van der Waals surface area (Å²) in [5.74, 6) is 2.38. The summed E-state index contributed by atoms with van der Waals surface area (Å²) in [6.45, 7) is 2.51. The van der Waals surface area contributed by atoms with E-state index >= 15 is 0 Å². The highest BCUT2D eigenvalue weighted by Gasteiger charge is 2.59. The van der Waals surface area contributed by atoms with Crippen LogP contribution in [0.1, 0.15) is 44.9 Å². The lowest BCUT2D eigenvalue weighted by Gasteiger charge is -2.41. The highest BCUT2D eigenvalue weighted by atomic mass is 79.9. The Labute approximate surface area is 125 Å². The summed E-state index contributed by atoms with van der Waals surface area (Å²) in [4.78, 5) is 2.69. The molecule has 3 heteroatoms. The van der Waals surface area contributed by atoms with E-state index in [9.17, 15) is 5.11 Å². The van der Waals surface area contributed by atoms with Crippen LogP contribution in [0.2, 0.25) is 0 Å². The first-order valence-corrected chi connectivity index (χ1v) is 9.33. The van der Waals surface area contributed by atoms with E-state index in [1.807, 2.05) is 0 Å². The molecule has 4 aliphatic rings. The van der Waals surface area contributed by atoms with Gasteiger partial charge in [0.25, 0.3) is 0 Å². The SMILES string of the molecule is OC1C2CC3CN(CC4(CBr)CCCCC4)C1C3C2. The lowest BCUT2D eigenvalue weighted by molar-refractivity contribution is 0.0297. The topological polar surface area (TPSA) is 23.5 Å². The zero-order valence-corrected chi connectivity index (χ0v) is 13.3. The third kappa shape index (κ3) is 1.95. The zero-order chi connectivity index (χ0) is 13.0. The first kappa shape index (κ1) is 13.1. The Balaban J connectivity index is 1.51. The number of aliphatic hydroxyl groups excluding tert-OH is 1. The van der Waals surface area contributed by atoms with E-state index < -0.39 is 0 Å². The van der Waals surface area contributed by atoms with Crippen LogP contribution in [0, 0.1) is 23.2 Å². The maximum atomic E-state index is 10.5. The predicted molar refractivity (Wildman–Crippen MR) is 80.4 cm³/mol. The van der Waals surface area contributed by atoms with Crippen molar-refractivity contribution in [2.45, 2.75) is 57.1 Å². The van der Waals surface area contributed by atoms with Crippen LogP contribution in [-0.2, 0) is 0 Å². The molecule has 1 heterocycles. The summed E-state index contributed by atoms with van der Waals surface area (Å²) >= 11 is 3.80. The largest absolute Gasteiger partial charge is 0.391 e. The molecule has 3 saturated carbocycles. The van der Waals surface area contributed by atoms with Crippen molar-refractivity contribution in [3.63, 3.8) is 0 Å². The lowest BCUT2D eigenvalue weighted by atomic mass is 9.75. The van der Waals surface area contributed by atoms with Crippen molar-refractivity contribution >= 4 is 15.9 Å². The van der Waals surface area contributed by atoms with Crippen LogP contribution < -0.4 is 0 Å². The van der Waals surface area contributed by atoms with E-state index in [4.69, 9.17) is 0 Å². The third-order valence-electron chi connectivity index (χ3n) is 6.68. The molecular formula is C16H26BrNO. The molecule has 19 heavy (non-hydrogen) atoms. The summed E-state index contributed by atoms with van der Waals surface area (Å²) < 4.78 is 0. The number of hydrogen-bond donors (Lipinski definition) is 1. The van der Waals surface area contributed by atoms with Crippen molar-refractivity contribution in [3.8, 4) is 0 Å². The monoisotopic (exact) mass is 327 g/mol. The maximum Gasteiger partial charge on any atom is 0.0726 e. The Morgan fingerprint density at radius 3 is 2.58 bits per heavy atom. The fourth-order valence-corrected chi connectivity index (χ4v) is 6.53. The molecule has 1 aliphatic heterocycles. The number of hydrogen-bond acceptors (Lipinski definition) is 2. The number of halogens is 1. The Kier molecular flexibility index (Phi) is 3.24. The molecule has 5 atom stereocenters. The van der Waals surface area contributed by atoms with Crippen LogP contribution in [-0.4, -0.2) is 40.6 Å². The Bertz CT molecular complexity index is 353. The first-order valence-electron chi connectivity index (χ1n) is 8.20. The molecular weight excluding hydrogens is 302 g/mol. The molecule has 4 rings (SSSR count). The second-order valence-corrected chi connectivity index (χ2v) is 8.32. The molecule has 0 aromatic carbocycles. The van der Waals surface area contributed by atoms with E-state index in [-0.39, 0.29) is 6.10 Å². The number of aliphatic hydroxyl groups is 1. The minimum Gasteiger partial charge on any atom is -0.391 e. The quantitative estimate of drug-likeness (QED) is 0.805. The maximum absolute atomic E-state index is 10.5. The van der Waals surface area contributed by atoms with Crippen molar-refractivity contribution in [3.05, 3.63) is 0 Å². The van der Waals surface area contributed by atoms with Crippen LogP contribution in [0.4, 0.5) is 0 Å². The van der Waals surface area contributed by atoms with Crippen LogP contribution in [0.15, 0.2) is 0 Å². The molecule has 0 amide bonds. The van der Waals surface area contributed by atoms with Gasteiger partial charge in [-0.1, -0.05) is 35.2 Å². The smallest absolute Gasteiger partial charge is 0.0726 e. The molecule has 2 bridgehead atoms. The van der Waals surface area contributed by atoms with Gasteiger partial charge >= 0.3 is 0 Å². The Morgan fingerprint density at radius 1 is 1.11 bits per heavy atom. The van der Waals surface area contributed by atoms with Crippen molar-refractivity contribution in [1.82, 2.24) is 4.90 Å². The van der Waals surface area contributed by atoms with Gasteiger partial charge in [-0.2, -0.15) is 0 Å². The van der Waals surface area contributed by atoms with Gasteiger partial charge in [-0.05, 0) is 48.9 Å². The number of alkyl halides is 1. The van der Waals surface area contributed by atoms with Crippen LogP contribution >= 0.6 is 15.9 Å².